The van der Waals surface area contributed by atoms with E-state index < -0.39 is 0 Å². The molecule has 0 spiro atoms. The summed E-state index contributed by atoms with van der Waals surface area (Å²) in [4.78, 5) is 10.9. The highest BCUT2D eigenvalue weighted by Crippen LogP contribution is 2.31. The molecule has 0 amide bonds. The molecule has 0 saturated carbocycles. The third kappa shape index (κ3) is 4.14. The van der Waals surface area contributed by atoms with E-state index in [1.165, 1.54) is 6.92 Å². The number of rotatable bonds is 5. The Balaban J connectivity index is 2.32. The predicted molar refractivity (Wildman–Crippen MR) is 90.8 cm³/mol. The van der Waals surface area contributed by atoms with Crippen molar-refractivity contribution < 1.29 is 19.0 Å². The smallest absolute Gasteiger partial charge is 0.308 e. The molecule has 0 bridgehead atoms. The predicted octanol–water partition coefficient (Wildman–Crippen LogP) is 3.69. The normalized spacial score (nSPS) is 10.7. The van der Waals surface area contributed by atoms with Crippen LogP contribution in [-0.4, -0.2) is 20.2 Å². The molecule has 122 valence electrons. The molecule has 0 heterocycles. The highest BCUT2D eigenvalue weighted by molar-refractivity contribution is 5.90. The first-order valence-corrected chi connectivity index (χ1v) is 7.20. The van der Waals surface area contributed by atoms with Gasteiger partial charge in [-0.05, 0) is 47.5 Å². The van der Waals surface area contributed by atoms with Crippen LogP contribution >= 0.6 is 0 Å². The number of esters is 1. The summed E-state index contributed by atoms with van der Waals surface area (Å²) in [6.07, 6.45) is 1.75. The molecule has 2 rings (SSSR count). The third-order valence-corrected chi connectivity index (χ3v) is 3.27. The maximum atomic E-state index is 10.9. The molecule has 0 fully saturated rings. The summed E-state index contributed by atoms with van der Waals surface area (Å²) in [6.45, 7) is 1.35. The first kappa shape index (κ1) is 17.1. The van der Waals surface area contributed by atoms with E-state index in [9.17, 15) is 10.1 Å². The zero-order valence-electron chi connectivity index (χ0n) is 13.7. The second-order valence-electron chi connectivity index (χ2n) is 4.90. The number of nitriles is 1. The van der Waals surface area contributed by atoms with Crippen LogP contribution in [0.25, 0.3) is 11.6 Å². The van der Waals surface area contributed by atoms with Gasteiger partial charge in [-0.2, -0.15) is 5.26 Å². The van der Waals surface area contributed by atoms with Gasteiger partial charge in [-0.3, -0.25) is 4.79 Å². The number of ether oxygens (including phenoxy) is 3. The van der Waals surface area contributed by atoms with Crippen LogP contribution in [0, 0.1) is 11.3 Å². The van der Waals surface area contributed by atoms with Gasteiger partial charge >= 0.3 is 5.97 Å². The van der Waals surface area contributed by atoms with E-state index in [0.717, 1.165) is 11.1 Å². The maximum absolute atomic E-state index is 10.9. The van der Waals surface area contributed by atoms with Crippen LogP contribution in [0.4, 0.5) is 0 Å². The fourth-order valence-corrected chi connectivity index (χ4v) is 2.15. The van der Waals surface area contributed by atoms with Crippen molar-refractivity contribution in [2.45, 2.75) is 6.92 Å². The van der Waals surface area contributed by atoms with E-state index in [-0.39, 0.29) is 5.97 Å². The van der Waals surface area contributed by atoms with Crippen LogP contribution in [0.1, 0.15) is 18.1 Å². The molecule has 5 nitrogen and oxygen atoms in total. The quantitative estimate of drug-likeness (QED) is 0.363. The van der Waals surface area contributed by atoms with Gasteiger partial charge in [-0.25, -0.2) is 0 Å². The topological polar surface area (TPSA) is 68.5 Å². The number of hydrogen-bond acceptors (Lipinski definition) is 5. The molecule has 2 aromatic carbocycles. The third-order valence-electron chi connectivity index (χ3n) is 3.27. The largest absolute Gasteiger partial charge is 0.493 e. The Morgan fingerprint density at radius 1 is 1.04 bits per heavy atom. The van der Waals surface area contributed by atoms with E-state index in [1.54, 1.807) is 62.8 Å². The minimum Gasteiger partial charge on any atom is -0.493 e. The summed E-state index contributed by atoms with van der Waals surface area (Å²) in [6, 6.07) is 14.4. The van der Waals surface area contributed by atoms with Crippen LogP contribution < -0.4 is 14.2 Å². The number of carbonyl (C=O) groups is 1. The fraction of sp³-hybridized carbons (Fsp3) is 0.158. The number of allylic oxidation sites excluding steroid dienone is 1. The van der Waals surface area contributed by atoms with Crippen molar-refractivity contribution in [3.05, 3.63) is 53.6 Å². The zero-order valence-corrected chi connectivity index (χ0v) is 13.7. The summed E-state index contributed by atoms with van der Waals surface area (Å²) < 4.78 is 15.4. The van der Waals surface area contributed by atoms with Crippen LogP contribution in [0.5, 0.6) is 17.2 Å². The van der Waals surface area contributed by atoms with Gasteiger partial charge < -0.3 is 14.2 Å². The number of benzene rings is 2. The lowest BCUT2D eigenvalue weighted by atomic mass is 10.0. The van der Waals surface area contributed by atoms with Crippen molar-refractivity contribution in [3.8, 4) is 23.3 Å². The summed E-state index contributed by atoms with van der Waals surface area (Å²) >= 11 is 0. The van der Waals surface area contributed by atoms with Gasteiger partial charge in [-0.15, -0.1) is 0 Å². The Kier molecular flexibility index (Phi) is 5.58. The van der Waals surface area contributed by atoms with Gasteiger partial charge in [-0.1, -0.05) is 12.1 Å². The minimum absolute atomic E-state index is 0.374. The summed E-state index contributed by atoms with van der Waals surface area (Å²) in [7, 11) is 3.11. The Morgan fingerprint density at radius 2 is 1.71 bits per heavy atom. The molecule has 0 atom stereocenters. The fourth-order valence-electron chi connectivity index (χ4n) is 2.15. The maximum Gasteiger partial charge on any atom is 0.308 e. The SMILES string of the molecule is COc1ccc(/C(C#N)=C\c2ccc(OC(C)=O)cc2)cc1OC. The van der Waals surface area contributed by atoms with Crippen molar-refractivity contribution >= 4 is 17.6 Å². The van der Waals surface area contributed by atoms with Gasteiger partial charge in [0.25, 0.3) is 0 Å². The molecule has 0 aliphatic carbocycles. The lowest BCUT2D eigenvalue weighted by Gasteiger charge is -2.09. The number of methoxy groups -OCH3 is 2. The lowest BCUT2D eigenvalue weighted by Crippen LogP contribution is -2.00. The summed E-state index contributed by atoms with van der Waals surface area (Å²) in [5.74, 6) is 1.25. The Labute approximate surface area is 140 Å². The highest BCUT2D eigenvalue weighted by Gasteiger charge is 2.08. The second-order valence-corrected chi connectivity index (χ2v) is 4.90. The molecular formula is C19H17NO4. The first-order valence-electron chi connectivity index (χ1n) is 7.20. The van der Waals surface area contributed by atoms with Gasteiger partial charge in [0.2, 0.25) is 0 Å². The lowest BCUT2D eigenvalue weighted by molar-refractivity contribution is -0.131. The molecule has 0 saturated heterocycles. The van der Waals surface area contributed by atoms with Crippen LogP contribution in [-0.2, 0) is 4.79 Å². The second kappa shape index (κ2) is 7.84. The Bertz CT molecular complexity index is 801. The zero-order chi connectivity index (χ0) is 17.5. The van der Waals surface area contributed by atoms with E-state index in [1.807, 2.05) is 0 Å². The molecule has 0 unspecified atom stereocenters. The van der Waals surface area contributed by atoms with Crippen LogP contribution in [0.2, 0.25) is 0 Å². The minimum atomic E-state index is -0.374. The van der Waals surface area contributed by atoms with Crippen molar-refractivity contribution in [1.82, 2.24) is 0 Å². The average Bonchev–Trinajstić information content (AvgIpc) is 2.60. The molecular weight excluding hydrogens is 306 g/mol. The Morgan fingerprint density at radius 3 is 2.25 bits per heavy atom. The van der Waals surface area contributed by atoms with E-state index >= 15 is 0 Å². The number of carbonyl (C=O) groups excluding carboxylic acids is 1. The summed E-state index contributed by atoms with van der Waals surface area (Å²) in [5, 5.41) is 9.44. The number of hydrogen-bond donors (Lipinski definition) is 0. The van der Waals surface area contributed by atoms with Gasteiger partial charge in [0.1, 0.15) is 5.75 Å². The molecule has 0 aliphatic rings. The van der Waals surface area contributed by atoms with E-state index in [2.05, 4.69) is 6.07 Å². The average molecular weight is 323 g/mol. The van der Waals surface area contributed by atoms with Crippen LogP contribution in [0.15, 0.2) is 42.5 Å². The first-order chi connectivity index (χ1) is 11.6. The van der Waals surface area contributed by atoms with E-state index in [0.29, 0.717) is 22.8 Å². The van der Waals surface area contributed by atoms with E-state index in [4.69, 9.17) is 14.2 Å². The molecule has 24 heavy (non-hydrogen) atoms. The van der Waals surface area contributed by atoms with Gasteiger partial charge in [0.15, 0.2) is 11.5 Å². The summed E-state index contributed by atoms with van der Waals surface area (Å²) in [5.41, 5.74) is 2.02. The standard InChI is InChI=1S/C19H17NO4/c1-13(21)24-17-7-4-14(5-8-17)10-16(12-20)15-6-9-18(22-2)19(11-15)23-3/h4-11H,1-3H3/b16-10-. The Hall–Kier alpha value is -3.26. The monoisotopic (exact) mass is 323 g/mol. The van der Waals surface area contributed by atoms with Crippen molar-refractivity contribution in [2.75, 3.05) is 14.2 Å². The number of nitrogens with zero attached hydrogens (tertiary/aromatic N) is 1. The molecule has 0 aromatic heterocycles. The van der Waals surface area contributed by atoms with Crippen molar-refractivity contribution in [3.63, 3.8) is 0 Å². The van der Waals surface area contributed by atoms with Gasteiger partial charge in [0, 0.05) is 6.92 Å². The molecule has 2 aromatic rings. The molecule has 0 aliphatic heterocycles. The van der Waals surface area contributed by atoms with Crippen LogP contribution in [0.3, 0.4) is 0 Å². The van der Waals surface area contributed by atoms with Crippen molar-refractivity contribution in [1.29, 1.82) is 5.26 Å². The van der Waals surface area contributed by atoms with Crippen molar-refractivity contribution in [2.24, 2.45) is 0 Å². The van der Waals surface area contributed by atoms with Gasteiger partial charge in [0.05, 0.1) is 25.9 Å². The molecule has 0 radical (unpaired) electrons. The molecule has 0 N–H and O–H groups in total. The molecule has 5 heteroatoms. The highest BCUT2D eigenvalue weighted by atomic mass is 16.5.